The number of piperidine rings is 1. The Labute approximate surface area is 256 Å². The van der Waals surface area contributed by atoms with Crippen molar-refractivity contribution in [1.29, 1.82) is 5.26 Å². The lowest BCUT2D eigenvalue weighted by Gasteiger charge is -2.32. The first-order valence-electron chi connectivity index (χ1n) is 13.9. The number of nitrogens with one attached hydrogen (secondary N) is 3. The van der Waals surface area contributed by atoms with Gasteiger partial charge in [-0.2, -0.15) is 20.2 Å². The average Bonchev–Trinajstić information content (AvgIpc) is 3.00. The summed E-state index contributed by atoms with van der Waals surface area (Å²) in [5.74, 6) is 9.50. The topological polar surface area (TPSA) is 120 Å². The molecule has 0 aliphatic carbocycles. The van der Waals surface area contributed by atoms with E-state index in [1.165, 1.54) is 0 Å². The van der Waals surface area contributed by atoms with Crippen LogP contribution >= 0.6 is 12.4 Å². The summed E-state index contributed by atoms with van der Waals surface area (Å²) in [5.41, 5.74) is 0.132. The molecule has 0 radical (unpaired) electrons. The zero-order valence-corrected chi connectivity index (χ0v) is 25.9. The van der Waals surface area contributed by atoms with Gasteiger partial charge >= 0.3 is 0 Å². The second kappa shape index (κ2) is 17.1. The van der Waals surface area contributed by atoms with Crippen LogP contribution in [-0.2, 0) is 5.41 Å². The van der Waals surface area contributed by atoms with Gasteiger partial charge in [-0.15, -0.1) is 25.6 Å². The van der Waals surface area contributed by atoms with Crippen molar-refractivity contribution in [3.63, 3.8) is 0 Å². The summed E-state index contributed by atoms with van der Waals surface area (Å²) < 4.78 is 10.8. The van der Waals surface area contributed by atoms with E-state index >= 15 is 0 Å². The fraction of sp³-hybridized carbons (Fsp3) is 0.484. The molecule has 2 aromatic rings. The largest absolute Gasteiger partial charge is 0.493 e. The molecule has 10 nitrogen and oxygen atoms in total. The van der Waals surface area contributed by atoms with Crippen LogP contribution in [0.2, 0.25) is 0 Å². The number of ether oxygens (including phenoxy) is 2. The summed E-state index contributed by atoms with van der Waals surface area (Å²) in [6.07, 6.45) is 5.84. The van der Waals surface area contributed by atoms with E-state index in [2.05, 4.69) is 80.7 Å². The fourth-order valence-corrected chi connectivity index (χ4v) is 4.72. The van der Waals surface area contributed by atoms with E-state index in [0.29, 0.717) is 61.4 Å². The second-order valence-electron chi connectivity index (χ2n) is 10.1. The lowest BCUT2D eigenvalue weighted by molar-refractivity contribution is 0.350. The molecule has 0 saturated carbocycles. The molecule has 1 aromatic heterocycles. The molecule has 3 rings (SSSR count). The van der Waals surface area contributed by atoms with Gasteiger partial charge in [0.2, 0.25) is 17.8 Å². The van der Waals surface area contributed by atoms with Crippen LogP contribution in [0.4, 0.5) is 17.8 Å². The van der Waals surface area contributed by atoms with Crippen molar-refractivity contribution in [2.75, 3.05) is 62.5 Å². The molecule has 1 unspecified atom stereocenters. The smallest absolute Gasteiger partial charge is 0.231 e. The molecular weight excluding hydrogens is 552 g/mol. The predicted octanol–water partition coefficient (Wildman–Crippen LogP) is 4.58. The number of hydrogen-bond acceptors (Lipinski definition) is 10. The van der Waals surface area contributed by atoms with Crippen LogP contribution in [0, 0.1) is 29.1 Å². The van der Waals surface area contributed by atoms with E-state index in [9.17, 15) is 5.26 Å². The molecule has 0 spiro atoms. The van der Waals surface area contributed by atoms with Crippen LogP contribution in [0.1, 0.15) is 38.7 Å². The number of rotatable bonds is 14. The number of benzene rings is 1. The molecule has 3 N–H and O–H groups in total. The Balaban J connectivity index is 0.00000616. The minimum absolute atomic E-state index is 0. The maximum absolute atomic E-state index is 10.2. The third-order valence-corrected chi connectivity index (χ3v) is 7.27. The number of anilines is 3. The van der Waals surface area contributed by atoms with Crippen LogP contribution in [0.25, 0.3) is 0 Å². The lowest BCUT2D eigenvalue weighted by Crippen LogP contribution is -2.43. The summed E-state index contributed by atoms with van der Waals surface area (Å²) >= 11 is 0. The molecule has 2 heterocycles. The highest BCUT2D eigenvalue weighted by molar-refractivity contribution is 5.85. The second-order valence-corrected chi connectivity index (χ2v) is 10.1. The molecule has 1 fully saturated rings. The van der Waals surface area contributed by atoms with Crippen molar-refractivity contribution >= 4 is 30.3 Å². The SMILES string of the molecule is C=CCNc1nc(NCC=C)nc(N2CCC(NCC#CCC(C#N)(c3ccc(OC)c(OC)c3)C(C)C)CC2)n1.Cl. The maximum Gasteiger partial charge on any atom is 0.231 e. The number of nitrogens with zero attached hydrogens (tertiary/aromatic N) is 5. The number of methoxy groups -OCH3 is 2. The van der Waals surface area contributed by atoms with Gasteiger partial charge < -0.3 is 30.3 Å². The van der Waals surface area contributed by atoms with Gasteiger partial charge in [0.1, 0.15) is 0 Å². The monoisotopic (exact) mass is 594 g/mol. The number of hydrogen-bond donors (Lipinski definition) is 3. The third kappa shape index (κ3) is 8.75. The predicted molar refractivity (Wildman–Crippen MR) is 172 cm³/mol. The normalized spacial score (nSPS) is 14.3. The van der Waals surface area contributed by atoms with Gasteiger partial charge in [-0.25, -0.2) is 0 Å². The van der Waals surface area contributed by atoms with Crippen molar-refractivity contribution in [2.45, 2.75) is 44.6 Å². The number of aromatic nitrogens is 3. The fourth-order valence-electron chi connectivity index (χ4n) is 4.72. The average molecular weight is 595 g/mol. The molecule has 1 atom stereocenters. The Bertz CT molecular complexity index is 1250. The van der Waals surface area contributed by atoms with Gasteiger partial charge in [0, 0.05) is 38.6 Å². The summed E-state index contributed by atoms with van der Waals surface area (Å²) in [7, 11) is 3.20. The van der Waals surface area contributed by atoms with Gasteiger partial charge in [0.25, 0.3) is 0 Å². The standard InChI is InChI=1S/C31H42N8O2.ClH/c1-7-16-34-28-36-29(35-17-8-2)38-30(37-28)39-19-13-25(14-20-39)33-18-10-9-15-31(22-32,23(3)4)24-11-12-26(40-5)27(21-24)41-6;/h7-8,11-12,21,23,25,33H,1-2,13-20H2,3-6H3,(H2,34,35,36,37,38);1H. The quantitative estimate of drug-likeness (QED) is 0.212. The highest BCUT2D eigenvalue weighted by atomic mass is 35.5. The first-order chi connectivity index (χ1) is 19.9. The molecule has 1 aromatic carbocycles. The lowest BCUT2D eigenvalue weighted by atomic mass is 9.70. The van der Waals surface area contributed by atoms with Gasteiger partial charge in [0.05, 0.1) is 32.2 Å². The molecule has 226 valence electrons. The molecule has 42 heavy (non-hydrogen) atoms. The minimum atomic E-state index is -0.749. The van der Waals surface area contributed by atoms with E-state index in [4.69, 9.17) is 9.47 Å². The van der Waals surface area contributed by atoms with Crippen LogP contribution in [-0.4, -0.2) is 67.9 Å². The van der Waals surface area contributed by atoms with Gasteiger partial charge in [-0.3, -0.25) is 0 Å². The first-order valence-corrected chi connectivity index (χ1v) is 13.9. The van der Waals surface area contributed by atoms with E-state index in [1.54, 1.807) is 26.4 Å². The van der Waals surface area contributed by atoms with E-state index in [-0.39, 0.29) is 18.3 Å². The highest BCUT2D eigenvalue weighted by Crippen LogP contribution is 2.39. The van der Waals surface area contributed by atoms with Gasteiger partial charge in [-0.1, -0.05) is 43.9 Å². The zero-order valence-electron chi connectivity index (χ0n) is 25.1. The Morgan fingerprint density at radius 2 is 1.64 bits per heavy atom. The van der Waals surface area contributed by atoms with E-state index in [1.807, 2.05) is 18.2 Å². The van der Waals surface area contributed by atoms with Crippen molar-refractivity contribution in [2.24, 2.45) is 5.92 Å². The molecule has 0 amide bonds. The van der Waals surface area contributed by atoms with E-state index < -0.39 is 5.41 Å². The summed E-state index contributed by atoms with van der Waals surface area (Å²) in [5, 5.41) is 20.1. The summed E-state index contributed by atoms with van der Waals surface area (Å²) in [4.78, 5) is 15.8. The molecule has 11 heteroatoms. The van der Waals surface area contributed by atoms with Gasteiger partial charge in [0.15, 0.2) is 11.5 Å². The Morgan fingerprint density at radius 1 is 1.02 bits per heavy atom. The summed E-state index contributed by atoms with van der Waals surface area (Å²) in [6.45, 7) is 14.9. The molecule has 0 bridgehead atoms. The minimum Gasteiger partial charge on any atom is -0.493 e. The highest BCUT2D eigenvalue weighted by Gasteiger charge is 2.36. The Kier molecular flexibility index (Phi) is 13.9. The van der Waals surface area contributed by atoms with E-state index in [0.717, 1.165) is 31.5 Å². The van der Waals surface area contributed by atoms with Gasteiger partial charge in [-0.05, 0) is 36.5 Å². The molecule has 1 aliphatic rings. The molecular formula is C31H43ClN8O2. The zero-order chi connectivity index (χ0) is 29.7. The van der Waals surface area contributed by atoms with Crippen LogP contribution in [0.3, 0.4) is 0 Å². The van der Waals surface area contributed by atoms with Crippen molar-refractivity contribution in [3.8, 4) is 29.4 Å². The first kappa shape index (κ1) is 34.2. The van der Waals surface area contributed by atoms with Crippen LogP contribution < -0.4 is 30.3 Å². The molecule has 1 aliphatic heterocycles. The third-order valence-electron chi connectivity index (χ3n) is 7.27. The Morgan fingerprint density at radius 3 is 2.17 bits per heavy atom. The van der Waals surface area contributed by atoms with Crippen LogP contribution in [0.5, 0.6) is 11.5 Å². The number of nitriles is 1. The maximum atomic E-state index is 10.2. The van der Waals surface area contributed by atoms with Crippen molar-refractivity contribution < 1.29 is 9.47 Å². The number of halogens is 1. The molecule has 1 saturated heterocycles. The van der Waals surface area contributed by atoms with Crippen molar-refractivity contribution in [3.05, 3.63) is 49.1 Å². The van der Waals surface area contributed by atoms with Crippen LogP contribution in [0.15, 0.2) is 43.5 Å². The van der Waals surface area contributed by atoms with Crippen molar-refractivity contribution in [1.82, 2.24) is 20.3 Å². The summed E-state index contributed by atoms with van der Waals surface area (Å²) in [6, 6.07) is 8.56. The Hall–Kier alpha value is -3.99.